The topological polar surface area (TPSA) is 92.8 Å². The fourth-order valence-electron chi connectivity index (χ4n) is 3.76. The lowest BCUT2D eigenvalue weighted by atomic mass is 9.96. The molecule has 4 rings (SSSR count). The zero-order chi connectivity index (χ0) is 21.3. The van der Waals surface area contributed by atoms with E-state index >= 15 is 0 Å². The van der Waals surface area contributed by atoms with Gasteiger partial charge in [-0.15, -0.1) is 0 Å². The van der Waals surface area contributed by atoms with E-state index in [-0.39, 0.29) is 36.7 Å². The van der Waals surface area contributed by atoms with Gasteiger partial charge in [-0.25, -0.2) is 0 Å². The van der Waals surface area contributed by atoms with E-state index in [0.29, 0.717) is 23.4 Å². The van der Waals surface area contributed by atoms with Gasteiger partial charge in [0.15, 0.2) is 0 Å². The fraction of sp³-hybridized carbons (Fsp3) is 0.304. The number of amides is 3. The van der Waals surface area contributed by atoms with Crippen molar-refractivity contribution in [3.05, 3.63) is 65.2 Å². The van der Waals surface area contributed by atoms with E-state index in [1.54, 1.807) is 43.3 Å². The van der Waals surface area contributed by atoms with Crippen LogP contribution in [0.1, 0.15) is 52.5 Å². The van der Waals surface area contributed by atoms with Crippen molar-refractivity contribution in [1.29, 1.82) is 0 Å². The van der Waals surface area contributed by atoms with Gasteiger partial charge in [0.2, 0.25) is 5.91 Å². The molecule has 2 aromatic rings. The number of benzene rings is 2. The molecule has 0 spiro atoms. The van der Waals surface area contributed by atoms with Crippen LogP contribution < -0.4 is 5.32 Å². The minimum Gasteiger partial charge on any atom is -0.465 e. The zero-order valence-electron chi connectivity index (χ0n) is 16.6. The van der Waals surface area contributed by atoms with Crippen LogP contribution in [0, 0.1) is 0 Å². The van der Waals surface area contributed by atoms with Crippen molar-refractivity contribution in [3.63, 3.8) is 0 Å². The van der Waals surface area contributed by atoms with Gasteiger partial charge >= 0.3 is 5.97 Å². The molecule has 154 valence electrons. The maximum atomic E-state index is 12.4. The molecule has 1 fully saturated rings. The Kier molecular flexibility index (Phi) is 5.11. The van der Waals surface area contributed by atoms with Crippen molar-refractivity contribution in [2.45, 2.75) is 31.6 Å². The quantitative estimate of drug-likeness (QED) is 0.564. The van der Waals surface area contributed by atoms with Crippen molar-refractivity contribution in [3.8, 4) is 0 Å². The maximum absolute atomic E-state index is 12.4. The Hall–Kier alpha value is -3.48. The van der Waals surface area contributed by atoms with Gasteiger partial charge in [-0.2, -0.15) is 0 Å². The number of hydrogen-bond acceptors (Lipinski definition) is 5. The van der Waals surface area contributed by atoms with E-state index in [2.05, 4.69) is 5.32 Å². The van der Waals surface area contributed by atoms with Crippen LogP contribution in [0.5, 0.6) is 0 Å². The molecule has 1 aliphatic carbocycles. The van der Waals surface area contributed by atoms with Crippen LogP contribution in [-0.4, -0.2) is 41.7 Å². The Morgan fingerprint density at radius 1 is 1.00 bits per heavy atom. The molecule has 7 heteroatoms. The summed E-state index contributed by atoms with van der Waals surface area (Å²) in [5.41, 5.74) is 1.66. The number of fused-ring (bicyclic) bond motifs is 1. The molecule has 0 atom stereocenters. The Labute approximate surface area is 174 Å². The molecule has 1 saturated carbocycles. The van der Waals surface area contributed by atoms with Crippen LogP contribution in [-0.2, 0) is 19.7 Å². The average molecular weight is 406 g/mol. The highest BCUT2D eigenvalue weighted by atomic mass is 16.5. The third-order valence-corrected chi connectivity index (χ3v) is 5.58. The molecule has 0 saturated heterocycles. The number of esters is 1. The SMILES string of the molecule is CCOC(=O)C1(c2ccc(NC(=O)CCN3C(=O)c4ccccc4C3=O)cc2)CC1. The summed E-state index contributed by atoms with van der Waals surface area (Å²) in [6, 6.07) is 13.8. The van der Waals surface area contributed by atoms with Gasteiger partial charge in [0.1, 0.15) is 0 Å². The molecule has 2 aromatic carbocycles. The number of hydrogen-bond donors (Lipinski definition) is 1. The number of nitrogens with zero attached hydrogens (tertiary/aromatic N) is 1. The minimum absolute atomic E-state index is 0.0000164. The Morgan fingerprint density at radius 2 is 1.60 bits per heavy atom. The molecule has 0 radical (unpaired) electrons. The number of nitrogens with one attached hydrogen (secondary N) is 1. The van der Waals surface area contributed by atoms with E-state index in [1.807, 2.05) is 12.1 Å². The Morgan fingerprint density at radius 3 is 2.13 bits per heavy atom. The molecular formula is C23H22N2O5. The van der Waals surface area contributed by atoms with E-state index in [9.17, 15) is 19.2 Å². The second-order valence-electron chi connectivity index (χ2n) is 7.49. The number of carbonyl (C=O) groups is 4. The van der Waals surface area contributed by atoms with Crippen molar-refractivity contribution >= 4 is 29.4 Å². The molecule has 7 nitrogen and oxygen atoms in total. The summed E-state index contributed by atoms with van der Waals surface area (Å²) in [4.78, 5) is 50.3. The number of rotatable bonds is 7. The summed E-state index contributed by atoms with van der Waals surface area (Å²) < 4.78 is 5.17. The second kappa shape index (κ2) is 7.74. The smallest absolute Gasteiger partial charge is 0.316 e. The summed E-state index contributed by atoms with van der Waals surface area (Å²) in [5.74, 6) is -1.25. The average Bonchev–Trinajstić information content (AvgIpc) is 3.52. The molecule has 1 aliphatic heterocycles. The third kappa shape index (κ3) is 3.47. The number of ether oxygens (including phenoxy) is 1. The van der Waals surface area contributed by atoms with E-state index < -0.39 is 5.41 Å². The summed E-state index contributed by atoms with van der Waals surface area (Å²) in [6.07, 6.45) is 1.52. The van der Waals surface area contributed by atoms with Gasteiger partial charge in [-0.1, -0.05) is 24.3 Å². The largest absolute Gasteiger partial charge is 0.465 e. The van der Waals surface area contributed by atoms with Gasteiger partial charge in [0.25, 0.3) is 11.8 Å². The summed E-state index contributed by atoms with van der Waals surface area (Å²) in [7, 11) is 0. The molecule has 1 heterocycles. The van der Waals surface area contributed by atoms with Crippen molar-refractivity contribution in [2.24, 2.45) is 0 Å². The first-order valence-electron chi connectivity index (χ1n) is 9.99. The van der Waals surface area contributed by atoms with Crippen molar-refractivity contribution in [2.75, 3.05) is 18.5 Å². The molecule has 2 aliphatic rings. The molecule has 30 heavy (non-hydrogen) atoms. The third-order valence-electron chi connectivity index (χ3n) is 5.58. The van der Waals surface area contributed by atoms with Crippen LogP contribution in [0.3, 0.4) is 0 Å². The molecule has 0 unspecified atom stereocenters. The van der Waals surface area contributed by atoms with E-state index in [4.69, 9.17) is 4.74 Å². The van der Waals surface area contributed by atoms with E-state index in [1.165, 1.54) is 0 Å². The number of carbonyl (C=O) groups excluding carboxylic acids is 4. The minimum atomic E-state index is -0.552. The van der Waals surface area contributed by atoms with Gasteiger partial charge in [0, 0.05) is 18.7 Å². The number of anilines is 1. The van der Waals surface area contributed by atoms with Gasteiger partial charge in [0.05, 0.1) is 23.1 Å². The first-order chi connectivity index (χ1) is 14.5. The first-order valence-corrected chi connectivity index (χ1v) is 9.99. The molecule has 3 amide bonds. The second-order valence-corrected chi connectivity index (χ2v) is 7.49. The van der Waals surface area contributed by atoms with Crippen LogP contribution in [0.4, 0.5) is 5.69 Å². The molecule has 1 N–H and O–H groups in total. The van der Waals surface area contributed by atoms with E-state index in [0.717, 1.165) is 23.3 Å². The standard InChI is InChI=1S/C23H22N2O5/c1-2-30-22(29)23(12-13-23)15-7-9-16(10-8-15)24-19(26)11-14-25-20(27)17-5-3-4-6-18(17)21(25)28/h3-10H,2,11-14H2,1H3,(H,24,26). The fourth-order valence-corrected chi connectivity index (χ4v) is 3.76. The van der Waals surface area contributed by atoms with Crippen LogP contribution in [0.2, 0.25) is 0 Å². The maximum Gasteiger partial charge on any atom is 0.316 e. The predicted molar refractivity (Wildman–Crippen MR) is 109 cm³/mol. The van der Waals surface area contributed by atoms with Gasteiger partial charge < -0.3 is 10.1 Å². The van der Waals surface area contributed by atoms with Crippen LogP contribution in [0.15, 0.2) is 48.5 Å². The van der Waals surface area contributed by atoms with Crippen molar-refractivity contribution in [1.82, 2.24) is 4.90 Å². The van der Waals surface area contributed by atoms with Gasteiger partial charge in [-0.3, -0.25) is 24.1 Å². The van der Waals surface area contributed by atoms with Gasteiger partial charge in [-0.05, 0) is 49.6 Å². The van der Waals surface area contributed by atoms with Crippen LogP contribution >= 0.6 is 0 Å². The Bertz CT molecular complexity index is 989. The summed E-state index contributed by atoms with van der Waals surface area (Å²) in [6.45, 7) is 2.15. The van der Waals surface area contributed by atoms with Crippen LogP contribution in [0.25, 0.3) is 0 Å². The highest BCUT2D eigenvalue weighted by Crippen LogP contribution is 2.49. The normalized spacial score (nSPS) is 16.2. The summed E-state index contributed by atoms with van der Waals surface area (Å²) >= 11 is 0. The first kappa shape index (κ1) is 19.8. The lowest BCUT2D eigenvalue weighted by Crippen LogP contribution is -2.32. The molecule has 0 bridgehead atoms. The lowest BCUT2D eigenvalue weighted by molar-refractivity contribution is -0.146. The van der Waals surface area contributed by atoms with Crippen molar-refractivity contribution < 1.29 is 23.9 Å². The predicted octanol–water partition coefficient (Wildman–Crippen LogP) is 2.91. The molecule has 0 aromatic heterocycles. The monoisotopic (exact) mass is 406 g/mol. The lowest BCUT2D eigenvalue weighted by Gasteiger charge is -2.15. The highest BCUT2D eigenvalue weighted by molar-refractivity contribution is 6.21. The summed E-state index contributed by atoms with van der Waals surface area (Å²) in [5, 5.41) is 2.77. The number of imide groups is 1. The Balaban J connectivity index is 1.34. The highest BCUT2D eigenvalue weighted by Gasteiger charge is 2.52. The molecular weight excluding hydrogens is 384 g/mol. The zero-order valence-corrected chi connectivity index (χ0v) is 16.6.